The molecule has 0 spiro atoms. The molecule has 0 rings (SSSR count). The van der Waals surface area contributed by atoms with Gasteiger partial charge in [-0.05, 0) is 0 Å². The van der Waals surface area contributed by atoms with E-state index in [2.05, 4.69) is 0 Å². The number of rotatable bonds is 1. The van der Waals surface area contributed by atoms with Crippen LogP contribution >= 0.6 is 8.08 Å². The van der Waals surface area contributed by atoms with Gasteiger partial charge in [0.25, 0.3) is 0 Å². The normalized spacial score (nSPS) is 7.67. The molecule has 0 bridgehead atoms. The van der Waals surface area contributed by atoms with E-state index < -0.39 is 0 Å². The molecule has 0 aromatic heterocycles. The first-order valence-electron chi connectivity index (χ1n) is 1.97. The van der Waals surface area contributed by atoms with Crippen molar-refractivity contribution in [3.05, 3.63) is 0 Å². The third-order valence-corrected chi connectivity index (χ3v) is 1.30. The van der Waals surface area contributed by atoms with Crippen molar-refractivity contribution in [1.29, 1.82) is 0 Å². The van der Waals surface area contributed by atoms with Gasteiger partial charge in [0, 0.05) is 0 Å². The molecule has 0 saturated carbocycles. The van der Waals surface area contributed by atoms with E-state index in [1.165, 1.54) is 0 Å². The Hall–Kier alpha value is 0.100. The third kappa shape index (κ3) is 2.34. The van der Waals surface area contributed by atoms with Crippen LogP contribution in [0.4, 0.5) is 0 Å². The minimum absolute atomic E-state index is 0.195. The predicted octanol–water partition coefficient (Wildman–Crippen LogP) is 1.88. The molecule has 0 N–H and O–H groups in total. The first kappa shape index (κ1) is 6.10. The molecule has 0 atom stereocenters. The Balaban J connectivity index is 3.52. The first-order chi connectivity index (χ1) is 2.81. The summed E-state index contributed by atoms with van der Waals surface area (Å²) in [7, 11) is 0.195. The van der Waals surface area contributed by atoms with Crippen LogP contribution in [0.5, 0.6) is 0 Å². The number of hydrogen-bond acceptors (Lipinski definition) is 1. The van der Waals surface area contributed by atoms with Crippen LogP contribution in [0.15, 0.2) is 0 Å². The fourth-order valence-electron chi connectivity index (χ4n) is 0.0645. The van der Waals surface area contributed by atoms with Crippen LogP contribution < -0.4 is 0 Å². The Labute approximate surface area is 39.2 Å². The molecule has 0 saturated heterocycles. The Bertz CT molecular complexity index is 81.5. The molecule has 0 aliphatic rings. The van der Waals surface area contributed by atoms with E-state index in [-0.39, 0.29) is 8.08 Å². The minimum atomic E-state index is 0.195. The van der Waals surface area contributed by atoms with Gasteiger partial charge in [0.15, 0.2) is 0 Å². The third-order valence-electron chi connectivity index (χ3n) is 0.668. The maximum atomic E-state index is 9.80. The summed E-state index contributed by atoms with van der Waals surface area (Å²) in [5.41, 5.74) is 0. The van der Waals surface area contributed by atoms with E-state index in [1.54, 1.807) is 0 Å². The van der Waals surface area contributed by atoms with Crippen molar-refractivity contribution < 1.29 is 4.57 Å². The summed E-state index contributed by atoms with van der Waals surface area (Å²) >= 11 is 0. The Kier molecular flexibility index (Phi) is 3.35. The Morgan fingerprint density at radius 2 is 2.33 bits per heavy atom. The van der Waals surface area contributed by atoms with Gasteiger partial charge in [-0.1, -0.05) is 0 Å². The van der Waals surface area contributed by atoms with Crippen LogP contribution in [-0.2, 0) is 4.57 Å². The summed E-state index contributed by atoms with van der Waals surface area (Å²) in [5.74, 6) is 0. The summed E-state index contributed by atoms with van der Waals surface area (Å²) < 4.78 is 9.80. The molecule has 0 aliphatic heterocycles. The topological polar surface area (TPSA) is 17.1 Å². The van der Waals surface area contributed by atoms with Crippen LogP contribution in [0.1, 0.15) is 20.3 Å². The second kappa shape index (κ2) is 3.30. The zero-order chi connectivity index (χ0) is 4.99. The van der Waals surface area contributed by atoms with Gasteiger partial charge in [-0.2, -0.15) is 0 Å². The first-order valence-corrected chi connectivity index (χ1v) is 2.78. The van der Waals surface area contributed by atoms with E-state index in [4.69, 9.17) is 0 Å². The fourth-order valence-corrected chi connectivity index (χ4v) is 0.194. The standard InChI is InChI=1S/C4H8OP/c1-3-4(2)6-5/h3H2,1-2H3/q+1. The molecule has 1 nitrogen and oxygen atoms in total. The summed E-state index contributed by atoms with van der Waals surface area (Å²) in [4.78, 5) is 0. The van der Waals surface area contributed by atoms with Gasteiger partial charge in [0.05, 0.1) is 0 Å². The Morgan fingerprint density at radius 1 is 1.83 bits per heavy atom. The van der Waals surface area contributed by atoms with E-state index >= 15 is 0 Å². The molecule has 6 heavy (non-hydrogen) atoms. The molecule has 2 heteroatoms. The van der Waals surface area contributed by atoms with Gasteiger partial charge >= 0.3 is 38.2 Å². The predicted molar refractivity (Wildman–Crippen MR) is 28.6 cm³/mol. The molecular weight excluding hydrogens is 95.0 g/mol. The second-order valence-corrected chi connectivity index (χ2v) is 2.13. The molecule has 34 valence electrons. The summed E-state index contributed by atoms with van der Waals surface area (Å²) in [6, 6.07) is 0. The van der Waals surface area contributed by atoms with Crippen LogP contribution in [0.25, 0.3) is 0 Å². The van der Waals surface area contributed by atoms with Gasteiger partial charge in [0.2, 0.25) is 0 Å². The molecule has 0 unspecified atom stereocenters. The molecule has 0 radical (unpaired) electrons. The molecule has 0 aliphatic carbocycles. The molecule has 0 aromatic carbocycles. The van der Waals surface area contributed by atoms with Crippen molar-refractivity contribution in [1.82, 2.24) is 0 Å². The summed E-state index contributed by atoms with van der Waals surface area (Å²) in [5, 5.41) is 1.01. The summed E-state index contributed by atoms with van der Waals surface area (Å²) in [6.07, 6.45) is 0.922. The average molecular weight is 103 g/mol. The quantitative estimate of drug-likeness (QED) is 0.463. The second-order valence-electron chi connectivity index (χ2n) is 1.18. The van der Waals surface area contributed by atoms with Gasteiger partial charge < -0.3 is 0 Å². The monoisotopic (exact) mass is 103 g/mol. The zero-order valence-corrected chi connectivity index (χ0v) is 4.96. The molecule has 0 fully saturated rings. The van der Waals surface area contributed by atoms with E-state index in [0.29, 0.717) is 0 Å². The van der Waals surface area contributed by atoms with E-state index in [0.717, 1.165) is 11.7 Å². The summed E-state index contributed by atoms with van der Waals surface area (Å²) in [6.45, 7) is 3.86. The van der Waals surface area contributed by atoms with Gasteiger partial charge in [-0.3, -0.25) is 0 Å². The van der Waals surface area contributed by atoms with E-state index in [1.807, 2.05) is 13.8 Å². The van der Waals surface area contributed by atoms with Crippen molar-refractivity contribution in [2.24, 2.45) is 0 Å². The van der Waals surface area contributed by atoms with Crippen LogP contribution in [0, 0.1) is 0 Å². The Morgan fingerprint density at radius 3 is 2.33 bits per heavy atom. The molecule has 0 amide bonds. The van der Waals surface area contributed by atoms with Crippen LogP contribution in [0.3, 0.4) is 0 Å². The SMILES string of the molecule is CCC(C)=[P+]=O. The van der Waals surface area contributed by atoms with Gasteiger partial charge in [0.1, 0.15) is 0 Å². The number of hydrogen-bond donors (Lipinski definition) is 0. The fraction of sp³-hybridized carbons (Fsp3) is 0.750. The van der Waals surface area contributed by atoms with Gasteiger partial charge in [-0.15, -0.1) is 0 Å². The van der Waals surface area contributed by atoms with Crippen molar-refractivity contribution in [2.45, 2.75) is 20.3 Å². The van der Waals surface area contributed by atoms with Crippen LogP contribution in [0.2, 0.25) is 0 Å². The van der Waals surface area contributed by atoms with Crippen molar-refractivity contribution in [2.75, 3.05) is 0 Å². The van der Waals surface area contributed by atoms with E-state index in [9.17, 15) is 4.57 Å². The van der Waals surface area contributed by atoms with Crippen LogP contribution in [-0.4, -0.2) is 5.29 Å². The van der Waals surface area contributed by atoms with Crippen molar-refractivity contribution in [3.8, 4) is 0 Å². The van der Waals surface area contributed by atoms with Crippen molar-refractivity contribution >= 4 is 13.4 Å². The maximum absolute atomic E-state index is 9.80. The van der Waals surface area contributed by atoms with Gasteiger partial charge in [-0.25, -0.2) is 0 Å². The molecule has 0 heterocycles. The van der Waals surface area contributed by atoms with Crippen molar-refractivity contribution in [3.63, 3.8) is 0 Å². The average Bonchev–Trinajstić information content (AvgIpc) is 1.65. The molecular formula is C4H8OP+. The zero-order valence-electron chi connectivity index (χ0n) is 4.06. The molecule has 0 aromatic rings.